The molecular weight excluding hydrogens is 412 g/mol. The summed E-state index contributed by atoms with van der Waals surface area (Å²) in [4.78, 5) is 36.9. The number of methoxy groups -OCH3 is 3. The van der Waals surface area contributed by atoms with Crippen LogP contribution < -0.4 is 14.2 Å². The molecule has 1 heterocycles. The van der Waals surface area contributed by atoms with Gasteiger partial charge in [-0.05, 0) is 29.5 Å². The summed E-state index contributed by atoms with van der Waals surface area (Å²) in [6.07, 6.45) is 1.54. The van der Waals surface area contributed by atoms with Gasteiger partial charge in [-0.15, -0.1) is 0 Å². The van der Waals surface area contributed by atoms with Crippen molar-refractivity contribution in [3.8, 4) is 17.2 Å². The molecule has 0 N–H and O–H groups in total. The minimum absolute atomic E-state index is 0.0627. The van der Waals surface area contributed by atoms with E-state index in [0.29, 0.717) is 28.4 Å². The highest BCUT2D eigenvalue weighted by atomic mass is 32.2. The Morgan fingerprint density at radius 1 is 1.03 bits per heavy atom. The molecule has 2 aromatic carbocycles. The van der Waals surface area contributed by atoms with E-state index in [1.54, 1.807) is 24.3 Å². The van der Waals surface area contributed by atoms with Crippen LogP contribution in [0, 0.1) is 10.1 Å². The maximum Gasteiger partial charge on any atom is 0.293 e. The number of carbonyl (C=O) groups is 2. The van der Waals surface area contributed by atoms with E-state index in [-0.39, 0.29) is 17.1 Å². The van der Waals surface area contributed by atoms with Crippen LogP contribution in [0.5, 0.6) is 17.2 Å². The van der Waals surface area contributed by atoms with Crippen molar-refractivity contribution in [2.75, 3.05) is 21.3 Å². The van der Waals surface area contributed by atoms with Crippen molar-refractivity contribution in [2.24, 2.45) is 0 Å². The van der Waals surface area contributed by atoms with Crippen LogP contribution in [-0.4, -0.2) is 42.3 Å². The van der Waals surface area contributed by atoms with Crippen LogP contribution in [0.15, 0.2) is 41.3 Å². The van der Waals surface area contributed by atoms with Crippen LogP contribution in [0.1, 0.15) is 11.1 Å². The molecule has 0 spiro atoms. The first kappa shape index (κ1) is 21.2. The third kappa shape index (κ3) is 4.23. The van der Waals surface area contributed by atoms with Gasteiger partial charge < -0.3 is 14.2 Å². The maximum atomic E-state index is 12.8. The number of ether oxygens (including phenoxy) is 3. The zero-order valence-corrected chi connectivity index (χ0v) is 17.2. The Hall–Kier alpha value is -3.53. The van der Waals surface area contributed by atoms with Crippen molar-refractivity contribution in [3.63, 3.8) is 0 Å². The van der Waals surface area contributed by atoms with E-state index in [4.69, 9.17) is 14.2 Å². The second kappa shape index (κ2) is 8.87. The number of nitrogens with zero attached hydrogens (tertiary/aromatic N) is 2. The van der Waals surface area contributed by atoms with Gasteiger partial charge in [0.25, 0.3) is 16.8 Å². The third-order valence-corrected chi connectivity index (χ3v) is 5.27. The molecule has 1 aliphatic heterocycles. The van der Waals surface area contributed by atoms with Crippen molar-refractivity contribution in [3.05, 3.63) is 62.5 Å². The van der Waals surface area contributed by atoms with Gasteiger partial charge in [0.1, 0.15) is 5.75 Å². The molecule has 3 rings (SSSR count). The van der Waals surface area contributed by atoms with Gasteiger partial charge in [0.05, 0.1) is 37.7 Å². The average molecular weight is 430 g/mol. The van der Waals surface area contributed by atoms with Crippen LogP contribution in [0.2, 0.25) is 0 Å². The predicted octanol–water partition coefficient (Wildman–Crippen LogP) is 3.86. The zero-order chi connectivity index (χ0) is 21.8. The first-order valence-electron chi connectivity index (χ1n) is 8.66. The largest absolute Gasteiger partial charge is 0.496 e. The van der Waals surface area contributed by atoms with Gasteiger partial charge in [-0.3, -0.25) is 24.6 Å². The number of nitro benzene ring substituents is 1. The lowest BCUT2D eigenvalue weighted by Crippen LogP contribution is -2.27. The third-order valence-electron chi connectivity index (χ3n) is 4.36. The smallest absolute Gasteiger partial charge is 0.293 e. The quantitative estimate of drug-likeness (QED) is 0.370. The molecule has 1 aliphatic rings. The second-order valence-corrected chi connectivity index (χ2v) is 7.14. The fraction of sp³-hybridized carbons (Fsp3) is 0.200. The highest BCUT2D eigenvalue weighted by molar-refractivity contribution is 8.18. The number of imide groups is 1. The topological polar surface area (TPSA) is 108 Å². The lowest BCUT2D eigenvalue weighted by molar-refractivity contribution is -0.384. The standard InChI is InChI=1S/C20H18N2O7S/c1-27-15-10-17(29-3)16(28-2)8-13(15)9-18-19(23)21(20(24)30-18)11-12-5-4-6-14(7-12)22(25)26/h4-10H,11H2,1-3H3/b18-9+. The van der Waals surface area contributed by atoms with Gasteiger partial charge in [-0.2, -0.15) is 0 Å². The van der Waals surface area contributed by atoms with Crippen molar-refractivity contribution in [1.82, 2.24) is 4.90 Å². The van der Waals surface area contributed by atoms with E-state index in [2.05, 4.69) is 0 Å². The van der Waals surface area contributed by atoms with Crippen LogP contribution in [0.25, 0.3) is 6.08 Å². The van der Waals surface area contributed by atoms with Crippen molar-refractivity contribution in [1.29, 1.82) is 0 Å². The minimum atomic E-state index is -0.527. The fourth-order valence-electron chi connectivity index (χ4n) is 2.89. The number of hydrogen-bond donors (Lipinski definition) is 0. The second-order valence-electron chi connectivity index (χ2n) is 6.14. The number of carbonyl (C=O) groups excluding carboxylic acids is 2. The molecule has 0 bridgehead atoms. The predicted molar refractivity (Wildman–Crippen MR) is 111 cm³/mol. The molecule has 0 aliphatic carbocycles. The molecule has 2 amide bonds. The van der Waals surface area contributed by atoms with Crippen molar-refractivity contribution >= 4 is 34.7 Å². The SMILES string of the molecule is COc1cc(OC)c(OC)cc1/C=C1/SC(=O)N(Cc2cccc([N+](=O)[O-])c2)C1=O. The van der Waals surface area contributed by atoms with Crippen molar-refractivity contribution < 1.29 is 28.7 Å². The highest BCUT2D eigenvalue weighted by Gasteiger charge is 2.35. The summed E-state index contributed by atoms with van der Waals surface area (Å²) in [6, 6.07) is 9.09. The molecule has 10 heteroatoms. The first-order chi connectivity index (χ1) is 14.4. The Morgan fingerprint density at radius 2 is 1.70 bits per heavy atom. The summed E-state index contributed by atoms with van der Waals surface area (Å²) in [5, 5.41) is 10.5. The molecule has 30 heavy (non-hydrogen) atoms. The average Bonchev–Trinajstić information content (AvgIpc) is 3.00. The summed E-state index contributed by atoms with van der Waals surface area (Å²) < 4.78 is 15.9. The van der Waals surface area contributed by atoms with Crippen LogP contribution >= 0.6 is 11.8 Å². The summed E-state index contributed by atoms with van der Waals surface area (Å²) in [7, 11) is 4.46. The molecule has 1 saturated heterocycles. The van der Waals surface area contributed by atoms with Gasteiger partial charge in [-0.1, -0.05) is 12.1 Å². The lowest BCUT2D eigenvalue weighted by atomic mass is 10.1. The molecule has 0 saturated carbocycles. The minimum Gasteiger partial charge on any atom is -0.496 e. The van der Waals surface area contributed by atoms with Crippen LogP contribution in [0.4, 0.5) is 10.5 Å². The molecule has 2 aromatic rings. The van der Waals surface area contributed by atoms with Gasteiger partial charge in [-0.25, -0.2) is 0 Å². The number of nitro groups is 1. The normalized spacial score (nSPS) is 14.9. The summed E-state index contributed by atoms with van der Waals surface area (Å²) in [5.41, 5.74) is 0.914. The first-order valence-corrected chi connectivity index (χ1v) is 9.48. The van der Waals surface area contributed by atoms with Gasteiger partial charge >= 0.3 is 0 Å². The van der Waals surface area contributed by atoms with E-state index in [1.165, 1.54) is 39.5 Å². The van der Waals surface area contributed by atoms with Crippen LogP contribution in [-0.2, 0) is 11.3 Å². The monoisotopic (exact) mass is 430 g/mol. The Labute approximate surface area is 176 Å². The number of non-ortho nitro benzene ring substituents is 1. The Kier molecular flexibility index (Phi) is 6.26. The van der Waals surface area contributed by atoms with Gasteiger partial charge in [0.2, 0.25) is 0 Å². The van der Waals surface area contributed by atoms with E-state index in [9.17, 15) is 19.7 Å². The summed E-state index contributed by atoms with van der Waals surface area (Å²) in [5.74, 6) is 0.858. The van der Waals surface area contributed by atoms with Gasteiger partial charge in [0.15, 0.2) is 11.5 Å². The number of hydrogen-bond acceptors (Lipinski definition) is 8. The number of thioether (sulfide) groups is 1. The molecule has 1 fully saturated rings. The van der Waals surface area contributed by atoms with Crippen LogP contribution in [0.3, 0.4) is 0 Å². The molecule has 9 nitrogen and oxygen atoms in total. The molecule has 0 aromatic heterocycles. The maximum absolute atomic E-state index is 12.8. The van der Waals surface area contributed by atoms with E-state index < -0.39 is 16.1 Å². The van der Waals surface area contributed by atoms with E-state index >= 15 is 0 Å². The number of rotatable bonds is 7. The molecule has 0 atom stereocenters. The Balaban J connectivity index is 1.90. The van der Waals surface area contributed by atoms with E-state index in [1.807, 2.05) is 0 Å². The van der Waals surface area contributed by atoms with Crippen molar-refractivity contribution in [2.45, 2.75) is 6.54 Å². The van der Waals surface area contributed by atoms with Gasteiger partial charge in [0, 0.05) is 23.8 Å². The number of amides is 2. The fourth-order valence-corrected chi connectivity index (χ4v) is 3.72. The Morgan fingerprint density at radius 3 is 2.33 bits per heavy atom. The zero-order valence-electron chi connectivity index (χ0n) is 16.4. The summed E-state index contributed by atoms with van der Waals surface area (Å²) >= 11 is 0.786. The van der Waals surface area contributed by atoms with E-state index in [0.717, 1.165) is 16.7 Å². The number of benzene rings is 2. The Bertz CT molecular complexity index is 1050. The molecule has 156 valence electrons. The summed E-state index contributed by atoms with van der Waals surface area (Å²) in [6.45, 7) is -0.0627. The molecule has 0 unspecified atom stereocenters. The lowest BCUT2D eigenvalue weighted by Gasteiger charge is -2.13. The highest BCUT2D eigenvalue weighted by Crippen LogP contribution is 2.39. The molecule has 0 radical (unpaired) electrons. The molecular formula is C20H18N2O7S.